The van der Waals surface area contributed by atoms with Crippen LogP contribution in [-0.4, -0.2) is 23.8 Å². The molecule has 2 atom stereocenters. The molecule has 5 rings (SSSR count). The van der Waals surface area contributed by atoms with Crippen LogP contribution in [-0.2, 0) is 9.59 Å². The summed E-state index contributed by atoms with van der Waals surface area (Å²) in [6, 6.07) is 16.6. The summed E-state index contributed by atoms with van der Waals surface area (Å²) in [6.45, 7) is 1.86. The van der Waals surface area contributed by atoms with Crippen molar-refractivity contribution < 1.29 is 18.7 Å². The highest BCUT2D eigenvalue weighted by molar-refractivity contribution is 6.09. The van der Waals surface area contributed by atoms with Crippen LogP contribution < -0.4 is 15.4 Å². The number of nitrogens with zero attached hydrogens (tertiary/aromatic N) is 1. The first-order valence-electron chi connectivity index (χ1n) is 11.2. The first kappa shape index (κ1) is 21.7. The molecule has 0 saturated carbocycles. The van der Waals surface area contributed by atoms with Crippen LogP contribution in [0.4, 0.5) is 5.82 Å². The Morgan fingerprint density at radius 2 is 1.94 bits per heavy atom. The molecule has 2 aliphatic rings. The highest BCUT2D eigenvalue weighted by atomic mass is 16.5. The van der Waals surface area contributed by atoms with Gasteiger partial charge in [0.1, 0.15) is 17.3 Å². The second-order valence-electron chi connectivity index (χ2n) is 8.44. The number of ether oxygens (including phenoxy) is 1. The summed E-state index contributed by atoms with van der Waals surface area (Å²) in [5.41, 5.74) is 3.36. The molecule has 3 aromatic rings. The van der Waals surface area contributed by atoms with E-state index in [4.69, 9.17) is 9.15 Å². The number of hydrogen-bond donors (Lipinski definition) is 2. The molecule has 0 spiro atoms. The van der Waals surface area contributed by atoms with Crippen LogP contribution >= 0.6 is 0 Å². The lowest BCUT2D eigenvalue weighted by molar-refractivity contribution is -0.116. The molecule has 0 radical (unpaired) electrons. The van der Waals surface area contributed by atoms with Crippen LogP contribution in [0.5, 0.6) is 5.75 Å². The average Bonchev–Trinajstić information content (AvgIpc) is 3.39. The number of hydrogen-bond acceptors (Lipinski definition) is 6. The van der Waals surface area contributed by atoms with Gasteiger partial charge in [0, 0.05) is 46.6 Å². The smallest absolute Gasteiger partial charge is 0.255 e. The fourth-order valence-electron chi connectivity index (χ4n) is 4.90. The van der Waals surface area contributed by atoms with Crippen molar-refractivity contribution in [3.05, 3.63) is 101 Å². The molecule has 0 fully saturated rings. The molecule has 3 heterocycles. The van der Waals surface area contributed by atoms with E-state index in [2.05, 4.69) is 15.6 Å². The van der Waals surface area contributed by atoms with Crippen molar-refractivity contribution in [3.8, 4) is 5.75 Å². The number of aromatic nitrogens is 1. The zero-order chi connectivity index (χ0) is 23.7. The maximum atomic E-state index is 13.6. The van der Waals surface area contributed by atoms with E-state index in [0.717, 1.165) is 17.0 Å². The Labute approximate surface area is 197 Å². The van der Waals surface area contributed by atoms with Gasteiger partial charge in [-0.25, -0.2) is 4.98 Å². The van der Waals surface area contributed by atoms with Crippen molar-refractivity contribution in [1.82, 2.24) is 10.3 Å². The van der Waals surface area contributed by atoms with Crippen molar-refractivity contribution in [2.75, 3.05) is 12.4 Å². The highest BCUT2D eigenvalue weighted by Gasteiger charge is 2.42. The number of para-hydroxylation sites is 1. The first-order valence-corrected chi connectivity index (χ1v) is 11.2. The zero-order valence-electron chi connectivity index (χ0n) is 19.0. The minimum Gasteiger partial charge on any atom is -0.496 e. The van der Waals surface area contributed by atoms with Crippen molar-refractivity contribution in [2.45, 2.75) is 31.6 Å². The second kappa shape index (κ2) is 9.02. The third kappa shape index (κ3) is 3.90. The lowest BCUT2D eigenvalue weighted by atomic mass is 9.72. The van der Waals surface area contributed by atoms with E-state index >= 15 is 0 Å². The van der Waals surface area contributed by atoms with Gasteiger partial charge >= 0.3 is 0 Å². The normalized spacial score (nSPS) is 20.0. The topological polar surface area (TPSA) is 93.5 Å². The van der Waals surface area contributed by atoms with Gasteiger partial charge in [0.25, 0.3) is 5.91 Å². The van der Waals surface area contributed by atoms with Crippen molar-refractivity contribution in [1.29, 1.82) is 0 Å². The van der Waals surface area contributed by atoms with Gasteiger partial charge in [0.15, 0.2) is 5.78 Å². The van der Waals surface area contributed by atoms with E-state index in [9.17, 15) is 9.59 Å². The Kier molecular flexibility index (Phi) is 5.76. The van der Waals surface area contributed by atoms with Crippen molar-refractivity contribution >= 4 is 17.5 Å². The average molecular weight is 456 g/mol. The number of Topliss-reactive ketones (excluding diaryl/α,β-unsaturated/α-hetero) is 1. The zero-order valence-corrected chi connectivity index (χ0v) is 19.0. The highest BCUT2D eigenvalue weighted by Crippen LogP contribution is 2.47. The van der Waals surface area contributed by atoms with Gasteiger partial charge in [-0.05, 0) is 43.7 Å². The van der Waals surface area contributed by atoms with Crippen LogP contribution in [0.3, 0.4) is 0 Å². The standard InChI is InChI=1S/C27H25N3O4/c1-16-24(27(32)30-23-11-5-6-12-28-23)25(18-8-3-4-9-22(18)33-2)26-19(29-16)14-17(15-20(26)31)21-10-7-13-34-21/h3-13,17,25,29H,14-15H2,1-2H3,(H,28,30,32)/t17-,25+/m0/s1. The number of carbonyl (C=O) groups excluding carboxylic acids is 2. The van der Waals surface area contributed by atoms with Crippen LogP contribution in [0.15, 0.2) is 94.0 Å². The van der Waals surface area contributed by atoms with Crippen molar-refractivity contribution in [2.24, 2.45) is 0 Å². The number of nitrogens with one attached hydrogen (secondary N) is 2. The van der Waals surface area contributed by atoms with E-state index in [1.54, 1.807) is 37.8 Å². The molecule has 7 heteroatoms. The van der Waals surface area contributed by atoms with E-state index in [0.29, 0.717) is 41.3 Å². The number of carbonyl (C=O) groups is 2. The van der Waals surface area contributed by atoms with Gasteiger partial charge in [-0.3, -0.25) is 9.59 Å². The van der Waals surface area contributed by atoms with Crippen LogP contribution in [0.1, 0.15) is 42.9 Å². The Morgan fingerprint density at radius 1 is 1.12 bits per heavy atom. The SMILES string of the molecule is COc1ccccc1[C@@H]1C(C(=O)Nc2ccccn2)=C(C)NC2=C1C(=O)C[C@@H](c1ccco1)C2. The molecule has 0 saturated heterocycles. The molecule has 1 aromatic carbocycles. The fraction of sp³-hybridized carbons (Fsp3) is 0.222. The number of amides is 1. The predicted octanol–water partition coefficient (Wildman–Crippen LogP) is 4.68. The van der Waals surface area contributed by atoms with E-state index < -0.39 is 5.92 Å². The monoisotopic (exact) mass is 455 g/mol. The maximum absolute atomic E-state index is 13.6. The predicted molar refractivity (Wildman–Crippen MR) is 127 cm³/mol. The summed E-state index contributed by atoms with van der Waals surface area (Å²) >= 11 is 0. The summed E-state index contributed by atoms with van der Waals surface area (Å²) < 4.78 is 11.2. The fourth-order valence-corrected chi connectivity index (χ4v) is 4.90. The first-order chi connectivity index (χ1) is 16.6. The van der Waals surface area contributed by atoms with Crippen LogP contribution in [0.25, 0.3) is 0 Å². The number of furan rings is 1. The van der Waals surface area contributed by atoms with Gasteiger partial charge in [-0.1, -0.05) is 24.3 Å². The Hall–Kier alpha value is -4.13. The molecule has 34 heavy (non-hydrogen) atoms. The third-order valence-electron chi connectivity index (χ3n) is 6.37. The molecular formula is C27H25N3O4. The molecule has 1 amide bonds. The number of rotatable bonds is 5. The van der Waals surface area contributed by atoms with Gasteiger partial charge in [0.2, 0.25) is 0 Å². The molecule has 1 aliphatic carbocycles. The minimum atomic E-state index is -0.568. The molecule has 0 unspecified atom stereocenters. The Balaban J connectivity index is 1.60. The molecule has 172 valence electrons. The quantitative estimate of drug-likeness (QED) is 0.580. The number of allylic oxidation sites excluding steroid dienone is 3. The van der Waals surface area contributed by atoms with Crippen molar-refractivity contribution in [3.63, 3.8) is 0 Å². The largest absolute Gasteiger partial charge is 0.496 e. The Bertz CT molecular complexity index is 1290. The number of methoxy groups -OCH3 is 1. The number of pyridine rings is 1. The van der Waals surface area contributed by atoms with Gasteiger partial charge < -0.3 is 19.8 Å². The number of anilines is 1. The lowest BCUT2D eigenvalue weighted by Crippen LogP contribution is -2.37. The number of benzene rings is 1. The maximum Gasteiger partial charge on any atom is 0.255 e. The third-order valence-corrected chi connectivity index (χ3v) is 6.37. The van der Waals surface area contributed by atoms with E-state index in [-0.39, 0.29) is 17.6 Å². The minimum absolute atomic E-state index is 0.0123. The summed E-state index contributed by atoms with van der Waals surface area (Å²) in [5, 5.41) is 6.25. The van der Waals surface area contributed by atoms with E-state index in [1.807, 2.05) is 43.3 Å². The Morgan fingerprint density at radius 3 is 2.68 bits per heavy atom. The summed E-state index contributed by atoms with van der Waals surface area (Å²) in [6.07, 6.45) is 4.18. The molecule has 7 nitrogen and oxygen atoms in total. The molecule has 2 N–H and O–H groups in total. The molecule has 2 aromatic heterocycles. The van der Waals surface area contributed by atoms with Gasteiger partial charge in [0.05, 0.1) is 19.3 Å². The number of dihydropyridines is 1. The summed E-state index contributed by atoms with van der Waals surface area (Å²) in [7, 11) is 1.59. The molecule has 0 bridgehead atoms. The summed E-state index contributed by atoms with van der Waals surface area (Å²) in [4.78, 5) is 31.4. The summed E-state index contributed by atoms with van der Waals surface area (Å²) in [5.74, 6) is 0.909. The van der Waals surface area contributed by atoms with Crippen LogP contribution in [0.2, 0.25) is 0 Å². The van der Waals surface area contributed by atoms with Gasteiger partial charge in [-0.15, -0.1) is 0 Å². The molecule has 1 aliphatic heterocycles. The van der Waals surface area contributed by atoms with E-state index in [1.165, 1.54) is 0 Å². The van der Waals surface area contributed by atoms with Crippen LogP contribution in [0, 0.1) is 0 Å². The molecular weight excluding hydrogens is 430 g/mol. The second-order valence-corrected chi connectivity index (χ2v) is 8.44. The lowest BCUT2D eigenvalue weighted by Gasteiger charge is -2.36. The number of ketones is 1. The van der Waals surface area contributed by atoms with Gasteiger partial charge in [-0.2, -0.15) is 0 Å².